The zero-order valence-corrected chi connectivity index (χ0v) is 16.2. The van der Waals surface area contributed by atoms with Gasteiger partial charge in [0.25, 0.3) is 5.91 Å². The first kappa shape index (κ1) is 19.5. The third-order valence-corrected chi connectivity index (χ3v) is 5.41. The first-order valence-corrected chi connectivity index (χ1v) is 9.40. The van der Waals surface area contributed by atoms with Gasteiger partial charge in [-0.15, -0.1) is 0 Å². The Balaban J connectivity index is 1.45. The monoisotopic (exact) mass is 404 g/mol. The lowest BCUT2D eigenvalue weighted by Gasteiger charge is -2.22. The topological polar surface area (TPSA) is 67.8 Å². The van der Waals surface area contributed by atoms with Crippen LogP contribution in [0.25, 0.3) is 0 Å². The number of hydrogen-bond acceptors (Lipinski definition) is 6. The number of amides is 1. The summed E-state index contributed by atoms with van der Waals surface area (Å²) >= 11 is 0. The van der Waals surface area contributed by atoms with Gasteiger partial charge >= 0.3 is 6.61 Å². The van der Waals surface area contributed by atoms with Gasteiger partial charge in [-0.05, 0) is 24.6 Å². The third kappa shape index (κ3) is 4.14. The van der Waals surface area contributed by atoms with E-state index >= 15 is 0 Å². The predicted molar refractivity (Wildman–Crippen MR) is 99.6 cm³/mol. The van der Waals surface area contributed by atoms with Gasteiger partial charge in [-0.1, -0.05) is 12.1 Å². The van der Waals surface area contributed by atoms with Gasteiger partial charge in [0.1, 0.15) is 11.6 Å². The molecule has 1 aromatic carbocycles. The van der Waals surface area contributed by atoms with Gasteiger partial charge in [-0.2, -0.15) is 13.8 Å². The van der Waals surface area contributed by atoms with Gasteiger partial charge in [-0.3, -0.25) is 9.69 Å². The van der Waals surface area contributed by atoms with E-state index in [2.05, 4.69) is 19.6 Å². The van der Waals surface area contributed by atoms with Crippen LogP contribution in [0, 0.1) is 12.8 Å². The van der Waals surface area contributed by atoms with Crippen molar-refractivity contribution in [1.82, 2.24) is 19.8 Å². The molecule has 0 spiro atoms. The van der Waals surface area contributed by atoms with Crippen LogP contribution in [0.3, 0.4) is 0 Å². The van der Waals surface area contributed by atoms with E-state index in [4.69, 9.17) is 4.74 Å². The highest BCUT2D eigenvalue weighted by Gasteiger charge is 2.52. The minimum Gasteiger partial charge on any atom is -0.464 e. The zero-order chi connectivity index (χ0) is 20.5. The summed E-state index contributed by atoms with van der Waals surface area (Å²) in [6, 6.07) is 8.38. The molecule has 4 rings (SSSR count). The molecule has 0 bridgehead atoms. The maximum Gasteiger partial charge on any atom is 0.387 e. The highest BCUT2D eigenvalue weighted by atomic mass is 19.3. The van der Waals surface area contributed by atoms with E-state index in [1.165, 1.54) is 6.07 Å². The molecule has 2 aliphatic rings. The van der Waals surface area contributed by atoms with E-state index < -0.39 is 12.7 Å². The van der Waals surface area contributed by atoms with Crippen LogP contribution in [0.15, 0.2) is 36.5 Å². The Morgan fingerprint density at radius 1 is 1.28 bits per heavy atom. The molecule has 2 aromatic rings. The molecule has 154 valence electrons. The van der Waals surface area contributed by atoms with E-state index in [0.29, 0.717) is 31.3 Å². The van der Waals surface area contributed by atoms with E-state index in [0.717, 1.165) is 5.56 Å². The Morgan fingerprint density at radius 3 is 2.86 bits per heavy atom. The Kier molecular flexibility index (Phi) is 5.31. The number of rotatable bonds is 6. The maximum absolute atomic E-state index is 12.7. The van der Waals surface area contributed by atoms with E-state index in [9.17, 15) is 13.6 Å². The van der Waals surface area contributed by atoms with Gasteiger partial charge in [-0.25, -0.2) is 4.98 Å². The molecule has 0 radical (unpaired) electrons. The summed E-state index contributed by atoms with van der Waals surface area (Å²) in [5.74, 6) is 1.06. The molecule has 1 amide bonds. The van der Waals surface area contributed by atoms with Crippen LogP contribution < -0.4 is 9.47 Å². The predicted octanol–water partition coefficient (Wildman–Crippen LogP) is 2.11. The van der Waals surface area contributed by atoms with E-state index in [-0.39, 0.29) is 23.6 Å². The quantitative estimate of drug-likeness (QED) is 0.735. The first-order chi connectivity index (χ1) is 13.9. The molecule has 29 heavy (non-hydrogen) atoms. The summed E-state index contributed by atoms with van der Waals surface area (Å²) in [7, 11) is 1.79. The van der Waals surface area contributed by atoms with Crippen molar-refractivity contribution in [2.24, 2.45) is 5.92 Å². The number of aryl methyl sites for hydroxylation is 1. The Bertz CT molecular complexity index is 898. The molecule has 2 fully saturated rings. The van der Waals surface area contributed by atoms with Crippen LogP contribution in [0.1, 0.15) is 11.4 Å². The van der Waals surface area contributed by atoms with Crippen LogP contribution >= 0.6 is 0 Å². The molecule has 0 aliphatic carbocycles. The Labute approximate surface area is 167 Å². The molecule has 7 nitrogen and oxygen atoms in total. The second-order valence-corrected chi connectivity index (χ2v) is 7.38. The number of halogens is 2. The minimum atomic E-state index is -2.85. The van der Waals surface area contributed by atoms with Crippen molar-refractivity contribution >= 4 is 5.91 Å². The number of likely N-dealkylation sites (tertiary alicyclic amines) is 2. The fourth-order valence-electron chi connectivity index (χ4n) is 4.12. The number of likely N-dealkylation sites (N-methyl/N-ethyl adjacent to an activating group) is 1. The number of benzene rings is 1. The summed E-state index contributed by atoms with van der Waals surface area (Å²) in [5.41, 5.74) is 0.876. The van der Waals surface area contributed by atoms with Crippen molar-refractivity contribution in [2.45, 2.75) is 32.2 Å². The van der Waals surface area contributed by atoms with E-state index in [1.54, 1.807) is 43.3 Å². The lowest BCUT2D eigenvalue weighted by Crippen LogP contribution is -2.38. The molecule has 3 heterocycles. The number of carbonyl (C=O) groups is 1. The maximum atomic E-state index is 12.7. The van der Waals surface area contributed by atoms with Gasteiger partial charge < -0.3 is 14.4 Å². The first-order valence-electron chi connectivity index (χ1n) is 9.40. The molecular formula is C20H22F2N4O3. The Morgan fingerprint density at radius 2 is 2.10 bits per heavy atom. The average Bonchev–Trinajstić information content (AvgIpc) is 3.16. The van der Waals surface area contributed by atoms with Crippen LogP contribution in [-0.4, -0.2) is 64.6 Å². The smallest absolute Gasteiger partial charge is 0.387 e. The van der Waals surface area contributed by atoms with Crippen molar-refractivity contribution in [1.29, 1.82) is 0 Å². The van der Waals surface area contributed by atoms with Crippen LogP contribution in [-0.2, 0) is 11.3 Å². The second kappa shape index (κ2) is 7.90. The summed E-state index contributed by atoms with van der Waals surface area (Å²) in [5, 5.41) is 0. The number of alkyl halides is 2. The molecule has 9 heteroatoms. The Hall–Kier alpha value is -2.81. The van der Waals surface area contributed by atoms with Crippen molar-refractivity contribution in [3.63, 3.8) is 0 Å². The van der Waals surface area contributed by atoms with Crippen LogP contribution in [0.4, 0.5) is 8.78 Å². The zero-order valence-electron chi connectivity index (χ0n) is 16.2. The van der Waals surface area contributed by atoms with Gasteiger partial charge in [0, 0.05) is 44.9 Å². The summed E-state index contributed by atoms with van der Waals surface area (Å²) in [6.45, 7) is 0.848. The van der Waals surface area contributed by atoms with Crippen molar-refractivity contribution in [3.05, 3.63) is 47.9 Å². The molecule has 0 unspecified atom stereocenters. The van der Waals surface area contributed by atoms with Gasteiger partial charge in [0.05, 0.1) is 6.04 Å². The molecule has 2 saturated heterocycles. The van der Waals surface area contributed by atoms with E-state index in [1.807, 2.05) is 6.07 Å². The molecule has 2 aliphatic heterocycles. The fourth-order valence-corrected chi connectivity index (χ4v) is 4.12. The number of carbonyl (C=O) groups excluding carboxylic acids is 1. The average molecular weight is 404 g/mol. The second-order valence-electron chi connectivity index (χ2n) is 7.38. The SMILES string of the molecule is Cc1nccc(O[C@@H]2C(=O)N(C)[C@@H]3CN(Cc4cccc(OC(F)F)c4)C[C@H]23)n1. The molecule has 1 aromatic heterocycles. The summed E-state index contributed by atoms with van der Waals surface area (Å²) < 4.78 is 35.3. The minimum absolute atomic E-state index is 0.00303. The van der Waals surface area contributed by atoms with Crippen LogP contribution in [0.5, 0.6) is 11.6 Å². The van der Waals surface area contributed by atoms with Crippen LogP contribution in [0.2, 0.25) is 0 Å². The standard InChI is InChI=1S/C20H22F2N4O3/c1-12-23-7-6-17(24-12)29-18-15-10-26(11-16(15)25(2)19(18)27)9-13-4-3-5-14(8-13)28-20(21)22/h3-8,15-16,18,20H,9-11H2,1-2H3/t15-,16+,18-/m0/s1. The highest BCUT2D eigenvalue weighted by molar-refractivity contribution is 5.84. The third-order valence-electron chi connectivity index (χ3n) is 5.41. The van der Waals surface area contributed by atoms with Gasteiger partial charge in [0.15, 0.2) is 6.10 Å². The number of fused-ring (bicyclic) bond motifs is 1. The van der Waals surface area contributed by atoms with Crippen molar-refractivity contribution in [2.75, 3.05) is 20.1 Å². The molecular weight excluding hydrogens is 382 g/mol. The largest absolute Gasteiger partial charge is 0.464 e. The van der Waals surface area contributed by atoms with Crippen molar-refractivity contribution in [3.8, 4) is 11.6 Å². The molecule has 0 N–H and O–H groups in total. The molecule has 3 atom stereocenters. The van der Waals surface area contributed by atoms with Crippen molar-refractivity contribution < 1.29 is 23.0 Å². The summed E-state index contributed by atoms with van der Waals surface area (Å²) in [6.07, 6.45) is 1.01. The number of aromatic nitrogens is 2. The fraction of sp³-hybridized carbons (Fsp3) is 0.450. The van der Waals surface area contributed by atoms with Gasteiger partial charge in [0.2, 0.25) is 5.88 Å². The number of ether oxygens (including phenoxy) is 2. The normalized spacial score (nSPS) is 24.2. The number of hydrogen-bond donors (Lipinski definition) is 0. The lowest BCUT2D eigenvalue weighted by atomic mass is 10.0. The molecule has 0 saturated carbocycles. The number of nitrogens with zero attached hydrogens (tertiary/aromatic N) is 4. The summed E-state index contributed by atoms with van der Waals surface area (Å²) in [4.78, 5) is 24.9. The highest BCUT2D eigenvalue weighted by Crippen LogP contribution is 2.34. The lowest BCUT2D eigenvalue weighted by molar-refractivity contribution is -0.134.